The maximum Gasteiger partial charge on any atom is 0.228 e. The lowest BCUT2D eigenvalue weighted by Gasteiger charge is -2.27. The number of piperazine rings is 1. The predicted octanol–water partition coefficient (Wildman–Crippen LogP) is 1.88. The molecule has 1 fully saturated rings. The molecule has 0 radical (unpaired) electrons. The fraction of sp³-hybridized carbons (Fsp3) is 0.357. The summed E-state index contributed by atoms with van der Waals surface area (Å²) in [6.07, 6.45) is 0. The van der Waals surface area contributed by atoms with Crippen molar-refractivity contribution in [2.75, 3.05) is 36.4 Å². The molecule has 0 unspecified atom stereocenters. The zero-order chi connectivity index (χ0) is 14.9. The highest BCUT2D eigenvalue weighted by atomic mass is 32.1. The van der Waals surface area contributed by atoms with E-state index in [9.17, 15) is 0 Å². The van der Waals surface area contributed by atoms with Gasteiger partial charge in [-0.3, -0.25) is 5.10 Å². The molecule has 0 aliphatic carbocycles. The Morgan fingerprint density at radius 3 is 2.91 bits per heavy atom. The fourth-order valence-corrected chi connectivity index (χ4v) is 3.32. The molecule has 0 aromatic carbocycles. The second-order valence-corrected chi connectivity index (χ2v) is 6.22. The smallest absolute Gasteiger partial charge is 0.228 e. The van der Waals surface area contributed by atoms with Crippen LogP contribution in [0.15, 0.2) is 17.5 Å². The summed E-state index contributed by atoms with van der Waals surface area (Å²) in [6, 6.07) is 4.00. The molecule has 3 aromatic rings. The number of fused-ring (bicyclic) bond motifs is 1. The predicted molar refractivity (Wildman–Crippen MR) is 89.1 cm³/mol. The van der Waals surface area contributed by atoms with Crippen LogP contribution in [-0.2, 0) is 0 Å². The first-order valence-corrected chi connectivity index (χ1v) is 8.17. The third-order valence-corrected chi connectivity index (χ3v) is 4.55. The van der Waals surface area contributed by atoms with Crippen molar-refractivity contribution in [3.05, 3.63) is 23.2 Å². The van der Waals surface area contributed by atoms with Gasteiger partial charge in [0.05, 0.1) is 10.2 Å². The first kappa shape index (κ1) is 13.5. The number of nitrogens with one attached hydrogen (secondary N) is 3. The molecule has 0 bridgehead atoms. The number of aromatic nitrogens is 4. The van der Waals surface area contributed by atoms with Gasteiger partial charge < -0.3 is 15.5 Å². The number of hydrogen-bond donors (Lipinski definition) is 3. The van der Waals surface area contributed by atoms with Crippen LogP contribution in [-0.4, -0.2) is 46.3 Å². The molecule has 0 spiro atoms. The van der Waals surface area contributed by atoms with E-state index >= 15 is 0 Å². The van der Waals surface area contributed by atoms with Crippen LogP contribution in [0.25, 0.3) is 10.2 Å². The summed E-state index contributed by atoms with van der Waals surface area (Å²) in [5.74, 6) is 2.37. The highest BCUT2D eigenvalue weighted by Gasteiger charge is 2.17. The zero-order valence-electron chi connectivity index (χ0n) is 12.3. The summed E-state index contributed by atoms with van der Waals surface area (Å²) in [5.41, 5.74) is 1.99. The van der Waals surface area contributed by atoms with Gasteiger partial charge in [-0.2, -0.15) is 10.1 Å². The van der Waals surface area contributed by atoms with Crippen LogP contribution in [0.1, 0.15) is 5.69 Å². The third kappa shape index (κ3) is 2.51. The van der Waals surface area contributed by atoms with Crippen molar-refractivity contribution >= 4 is 39.1 Å². The number of rotatable bonds is 3. The van der Waals surface area contributed by atoms with Crippen molar-refractivity contribution in [2.45, 2.75) is 6.92 Å². The van der Waals surface area contributed by atoms with E-state index in [4.69, 9.17) is 9.97 Å². The molecule has 0 amide bonds. The van der Waals surface area contributed by atoms with Gasteiger partial charge in [0.25, 0.3) is 0 Å². The number of anilines is 3. The van der Waals surface area contributed by atoms with Crippen molar-refractivity contribution < 1.29 is 0 Å². The summed E-state index contributed by atoms with van der Waals surface area (Å²) < 4.78 is 1.06. The van der Waals surface area contributed by atoms with E-state index in [-0.39, 0.29) is 0 Å². The van der Waals surface area contributed by atoms with Crippen molar-refractivity contribution in [1.29, 1.82) is 0 Å². The Kier molecular flexibility index (Phi) is 3.39. The van der Waals surface area contributed by atoms with Crippen LogP contribution in [0, 0.1) is 6.92 Å². The Balaban J connectivity index is 1.73. The molecule has 1 aliphatic heterocycles. The largest absolute Gasteiger partial charge is 0.338 e. The lowest BCUT2D eigenvalue weighted by Crippen LogP contribution is -2.44. The van der Waals surface area contributed by atoms with Crippen LogP contribution in [0.5, 0.6) is 0 Å². The average Bonchev–Trinajstić information content (AvgIpc) is 3.17. The summed E-state index contributed by atoms with van der Waals surface area (Å²) >= 11 is 1.64. The lowest BCUT2D eigenvalue weighted by atomic mass is 10.4. The standard InChI is InChI=1S/C14H17N7S/c1-9-8-11(20-19-9)17-13-12-10(2-7-22-12)16-14(18-13)21-5-3-15-4-6-21/h2,7-8,15H,3-6H2,1H3,(H2,16,17,18,19,20). The van der Waals surface area contributed by atoms with Crippen molar-refractivity contribution in [2.24, 2.45) is 0 Å². The molecule has 0 saturated carbocycles. The first-order chi connectivity index (χ1) is 10.8. The fourth-order valence-electron chi connectivity index (χ4n) is 2.55. The molecule has 3 N–H and O–H groups in total. The minimum absolute atomic E-state index is 0.775. The van der Waals surface area contributed by atoms with Crippen LogP contribution >= 0.6 is 11.3 Å². The van der Waals surface area contributed by atoms with E-state index in [2.05, 4.69) is 25.7 Å². The maximum atomic E-state index is 4.73. The zero-order valence-corrected chi connectivity index (χ0v) is 13.1. The van der Waals surface area contributed by atoms with Crippen molar-refractivity contribution in [3.8, 4) is 0 Å². The maximum absolute atomic E-state index is 4.73. The van der Waals surface area contributed by atoms with E-state index in [0.29, 0.717) is 0 Å². The number of H-pyrrole nitrogens is 1. The Hall–Kier alpha value is -2.19. The van der Waals surface area contributed by atoms with Crippen LogP contribution in [0.4, 0.5) is 17.6 Å². The highest BCUT2D eigenvalue weighted by Crippen LogP contribution is 2.30. The summed E-state index contributed by atoms with van der Waals surface area (Å²) in [4.78, 5) is 11.6. The Labute approximate surface area is 131 Å². The van der Waals surface area contributed by atoms with Gasteiger partial charge in [0.2, 0.25) is 5.95 Å². The molecule has 1 saturated heterocycles. The Bertz CT molecular complexity index is 787. The van der Waals surface area contributed by atoms with Gasteiger partial charge in [-0.1, -0.05) is 0 Å². The van der Waals surface area contributed by atoms with Gasteiger partial charge in [0.1, 0.15) is 0 Å². The van der Waals surface area contributed by atoms with E-state index in [1.54, 1.807) is 11.3 Å². The summed E-state index contributed by atoms with van der Waals surface area (Å²) in [7, 11) is 0. The van der Waals surface area contributed by atoms with Gasteiger partial charge in [0, 0.05) is 37.9 Å². The molecule has 8 heteroatoms. The normalized spacial score (nSPS) is 15.4. The number of aromatic amines is 1. The molecule has 114 valence electrons. The topological polar surface area (TPSA) is 81.8 Å². The van der Waals surface area contributed by atoms with Crippen molar-refractivity contribution in [3.63, 3.8) is 0 Å². The van der Waals surface area contributed by atoms with E-state index in [1.165, 1.54) is 0 Å². The molecular weight excluding hydrogens is 298 g/mol. The quantitative estimate of drug-likeness (QED) is 0.684. The molecule has 22 heavy (non-hydrogen) atoms. The van der Waals surface area contributed by atoms with E-state index in [0.717, 1.165) is 59.7 Å². The molecule has 3 aromatic heterocycles. The summed E-state index contributed by atoms with van der Waals surface area (Å²) in [6.45, 7) is 5.76. The molecule has 7 nitrogen and oxygen atoms in total. The minimum Gasteiger partial charge on any atom is -0.338 e. The third-order valence-electron chi connectivity index (χ3n) is 3.64. The highest BCUT2D eigenvalue weighted by molar-refractivity contribution is 7.17. The second kappa shape index (κ2) is 5.54. The lowest BCUT2D eigenvalue weighted by molar-refractivity contribution is 0.581. The van der Waals surface area contributed by atoms with Gasteiger partial charge in [0.15, 0.2) is 11.6 Å². The molecule has 4 heterocycles. The van der Waals surface area contributed by atoms with Crippen LogP contribution in [0.2, 0.25) is 0 Å². The van der Waals surface area contributed by atoms with Gasteiger partial charge in [-0.15, -0.1) is 11.3 Å². The van der Waals surface area contributed by atoms with Crippen LogP contribution < -0.4 is 15.5 Å². The SMILES string of the molecule is Cc1cc(Nc2nc(N3CCNCC3)nc3ccsc23)n[nH]1. The second-order valence-electron chi connectivity index (χ2n) is 5.31. The van der Waals surface area contributed by atoms with Crippen LogP contribution in [0.3, 0.4) is 0 Å². The number of thiophene rings is 1. The molecule has 1 aliphatic rings. The minimum atomic E-state index is 0.775. The van der Waals surface area contributed by atoms with Crippen molar-refractivity contribution in [1.82, 2.24) is 25.5 Å². The van der Waals surface area contributed by atoms with Gasteiger partial charge in [-0.25, -0.2) is 4.98 Å². The number of hydrogen-bond acceptors (Lipinski definition) is 7. The van der Waals surface area contributed by atoms with E-state index in [1.807, 2.05) is 24.4 Å². The average molecular weight is 315 g/mol. The van der Waals surface area contributed by atoms with Gasteiger partial charge >= 0.3 is 0 Å². The molecule has 4 rings (SSSR count). The van der Waals surface area contributed by atoms with E-state index < -0.39 is 0 Å². The number of aryl methyl sites for hydroxylation is 1. The molecular formula is C14H17N7S. The Morgan fingerprint density at radius 1 is 1.27 bits per heavy atom. The molecule has 0 atom stereocenters. The van der Waals surface area contributed by atoms with Gasteiger partial charge in [-0.05, 0) is 18.4 Å². The first-order valence-electron chi connectivity index (χ1n) is 7.29. The monoisotopic (exact) mass is 315 g/mol. The Morgan fingerprint density at radius 2 is 2.14 bits per heavy atom. The summed E-state index contributed by atoms with van der Waals surface area (Å²) in [5, 5.41) is 15.9. The number of nitrogens with zero attached hydrogens (tertiary/aromatic N) is 4.